The fraction of sp³-hybridized carbons (Fsp3) is 0.538. The van der Waals surface area contributed by atoms with E-state index >= 15 is 0 Å². The molecule has 2 rings (SSSR count). The lowest BCUT2D eigenvalue weighted by molar-refractivity contribution is 0.581. The molecule has 0 saturated carbocycles. The Kier molecular flexibility index (Phi) is 1.76. The van der Waals surface area contributed by atoms with Crippen molar-refractivity contribution in [3.8, 4) is 0 Å². The SMILES string of the molecule is CC1Cc2ccc(C(C)(C)C)cc21. The maximum Gasteiger partial charge on any atom is -0.0132 e. The van der Waals surface area contributed by atoms with Gasteiger partial charge in [0.05, 0.1) is 0 Å². The molecule has 0 aliphatic heterocycles. The van der Waals surface area contributed by atoms with E-state index in [2.05, 4.69) is 45.9 Å². The standard InChI is InChI=1S/C13H18/c1-9-7-10-5-6-11(8-12(9)10)13(2,3)4/h5-6,8-9H,7H2,1-4H3. The molecule has 0 spiro atoms. The van der Waals surface area contributed by atoms with Gasteiger partial charge in [0, 0.05) is 0 Å². The topological polar surface area (TPSA) is 0 Å². The van der Waals surface area contributed by atoms with E-state index in [1.165, 1.54) is 12.0 Å². The highest BCUT2D eigenvalue weighted by atomic mass is 14.3. The number of hydrogen-bond donors (Lipinski definition) is 0. The van der Waals surface area contributed by atoms with Crippen molar-refractivity contribution in [2.75, 3.05) is 0 Å². The minimum absolute atomic E-state index is 0.296. The second-order valence-corrected chi connectivity index (χ2v) is 5.27. The highest BCUT2D eigenvalue weighted by Crippen LogP contribution is 2.37. The highest BCUT2D eigenvalue weighted by molar-refractivity contribution is 5.43. The Morgan fingerprint density at radius 2 is 1.92 bits per heavy atom. The van der Waals surface area contributed by atoms with Crippen LogP contribution in [0.15, 0.2) is 18.2 Å². The Morgan fingerprint density at radius 3 is 2.46 bits per heavy atom. The van der Waals surface area contributed by atoms with E-state index < -0.39 is 0 Å². The molecular weight excluding hydrogens is 156 g/mol. The van der Waals surface area contributed by atoms with E-state index in [0.29, 0.717) is 5.41 Å². The van der Waals surface area contributed by atoms with Crippen LogP contribution in [-0.2, 0) is 11.8 Å². The first-order valence-electron chi connectivity index (χ1n) is 5.12. The molecular formula is C13H18. The summed E-state index contributed by atoms with van der Waals surface area (Å²) in [6, 6.07) is 6.98. The van der Waals surface area contributed by atoms with Crippen molar-refractivity contribution >= 4 is 0 Å². The van der Waals surface area contributed by atoms with Gasteiger partial charge in [0.2, 0.25) is 0 Å². The summed E-state index contributed by atoms with van der Waals surface area (Å²) in [5.74, 6) is 0.789. The van der Waals surface area contributed by atoms with Gasteiger partial charge in [-0.05, 0) is 34.4 Å². The van der Waals surface area contributed by atoms with Crippen LogP contribution in [0.2, 0.25) is 0 Å². The molecule has 13 heavy (non-hydrogen) atoms. The van der Waals surface area contributed by atoms with Crippen LogP contribution in [0.4, 0.5) is 0 Å². The summed E-state index contributed by atoms with van der Waals surface area (Å²) in [7, 11) is 0. The van der Waals surface area contributed by atoms with Crippen molar-refractivity contribution in [1.29, 1.82) is 0 Å². The Morgan fingerprint density at radius 1 is 1.23 bits per heavy atom. The molecule has 0 nitrogen and oxygen atoms in total. The molecule has 0 bridgehead atoms. The summed E-state index contributed by atoms with van der Waals surface area (Å²) in [5.41, 5.74) is 4.90. The molecule has 0 aromatic heterocycles. The summed E-state index contributed by atoms with van der Waals surface area (Å²) in [6.45, 7) is 9.14. The van der Waals surface area contributed by atoms with Crippen molar-refractivity contribution in [3.05, 3.63) is 34.9 Å². The third-order valence-corrected chi connectivity index (χ3v) is 3.07. The zero-order valence-electron chi connectivity index (χ0n) is 9.02. The van der Waals surface area contributed by atoms with Crippen molar-refractivity contribution in [2.45, 2.75) is 45.4 Å². The van der Waals surface area contributed by atoms with Crippen LogP contribution >= 0.6 is 0 Å². The van der Waals surface area contributed by atoms with Gasteiger partial charge in [0.25, 0.3) is 0 Å². The van der Waals surface area contributed by atoms with Gasteiger partial charge >= 0.3 is 0 Å². The monoisotopic (exact) mass is 174 g/mol. The normalized spacial score (nSPS) is 20.8. The lowest BCUT2D eigenvalue weighted by Crippen LogP contribution is -2.18. The molecule has 1 unspecified atom stereocenters. The average molecular weight is 174 g/mol. The quantitative estimate of drug-likeness (QED) is 0.563. The third kappa shape index (κ3) is 1.39. The molecule has 0 amide bonds. The van der Waals surface area contributed by atoms with E-state index in [1.807, 2.05) is 0 Å². The second kappa shape index (κ2) is 2.60. The first kappa shape index (κ1) is 8.80. The Balaban J connectivity index is 2.42. The Hall–Kier alpha value is -0.780. The minimum atomic E-state index is 0.296. The Labute approximate surface area is 81.0 Å². The number of rotatable bonds is 0. The zero-order chi connectivity index (χ0) is 9.64. The predicted molar refractivity (Wildman–Crippen MR) is 57.3 cm³/mol. The minimum Gasteiger partial charge on any atom is -0.0584 e. The largest absolute Gasteiger partial charge is 0.0584 e. The van der Waals surface area contributed by atoms with Gasteiger partial charge in [-0.25, -0.2) is 0 Å². The molecule has 1 atom stereocenters. The molecule has 0 radical (unpaired) electrons. The molecule has 0 fully saturated rings. The van der Waals surface area contributed by atoms with Crippen LogP contribution < -0.4 is 0 Å². The summed E-state index contributed by atoms with van der Waals surface area (Å²) in [6.07, 6.45) is 1.28. The fourth-order valence-corrected chi connectivity index (χ4v) is 2.01. The molecule has 1 aliphatic rings. The molecule has 1 aliphatic carbocycles. The zero-order valence-corrected chi connectivity index (χ0v) is 9.02. The number of benzene rings is 1. The lowest BCUT2D eigenvalue weighted by Gasteiger charge is -2.30. The van der Waals surface area contributed by atoms with E-state index in [1.54, 1.807) is 11.1 Å². The van der Waals surface area contributed by atoms with E-state index in [0.717, 1.165) is 5.92 Å². The first-order chi connectivity index (χ1) is 5.98. The highest BCUT2D eigenvalue weighted by Gasteiger charge is 2.24. The fourth-order valence-electron chi connectivity index (χ4n) is 2.01. The number of hydrogen-bond acceptors (Lipinski definition) is 0. The second-order valence-electron chi connectivity index (χ2n) is 5.27. The van der Waals surface area contributed by atoms with Gasteiger partial charge in [-0.3, -0.25) is 0 Å². The number of fused-ring (bicyclic) bond motifs is 1. The van der Waals surface area contributed by atoms with Crippen LogP contribution in [0.1, 0.15) is 50.3 Å². The van der Waals surface area contributed by atoms with Crippen LogP contribution in [0, 0.1) is 0 Å². The van der Waals surface area contributed by atoms with E-state index in [9.17, 15) is 0 Å². The van der Waals surface area contributed by atoms with Gasteiger partial charge in [0.15, 0.2) is 0 Å². The molecule has 0 N–H and O–H groups in total. The van der Waals surface area contributed by atoms with Crippen LogP contribution in [0.25, 0.3) is 0 Å². The van der Waals surface area contributed by atoms with Gasteiger partial charge < -0.3 is 0 Å². The van der Waals surface area contributed by atoms with Crippen LogP contribution in [0.3, 0.4) is 0 Å². The summed E-state index contributed by atoms with van der Waals surface area (Å²) >= 11 is 0. The lowest BCUT2D eigenvalue weighted by atomic mass is 9.75. The summed E-state index contributed by atoms with van der Waals surface area (Å²) in [5, 5.41) is 0. The Bertz CT molecular complexity index is 328. The predicted octanol–water partition coefficient (Wildman–Crippen LogP) is 3.64. The van der Waals surface area contributed by atoms with Crippen molar-refractivity contribution in [2.24, 2.45) is 0 Å². The van der Waals surface area contributed by atoms with Crippen molar-refractivity contribution in [1.82, 2.24) is 0 Å². The van der Waals surface area contributed by atoms with E-state index in [4.69, 9.17) is 0 Å². The molecule has 0 heterocycles. The summed E-state index contributed by atoms with van der Waals surface area (Å²) < 4.78 is 0. The smallest absolute Gasteiger partial charge is 0.0132 e. The van der Waals surface area contributed by atoms with E-state index in [-0.39, 0.29) is 0 Å². The average Bonchev–Trinajstić information content (AvgIpc) is 2.00. The van der Waals surface area contributed by atoms with Gasteiger partial charge in [-0.15, -0.1) is 0 Å². The molecule has 1 aromatic carbocycles. The van der Waals surface area contributed by atoms with Crippen molar-refractivity contribution < 1.29 is 0 Å². The molecule has 1 aromatic rings. The third-order valence-electron chi connectivity index (χ3n) is 3.07. The molecule has 0 saturated heterocycles. The maximum atomic E-state index is 2.39. The van der Waals surface area contributed by atoms with Gasteiger partial charge in [-0.2, -0.15) is 0 Å². The first-order valence-corrected chi connectivity index (χ1v) is 5.12. The van der Waals surface area contributed by atoms with Crippen LogP contribution in [0.5, 0.6) is 0 Å². The van der Waals surface area contributed by atoms with Gasteiger partial charge in [0.1, 0.15) is 0 Å². The molecule has 0 heteroatoms. The summed E-state index contributed by atoms with van der Waals surface area (Å²) in [4.78, 5) is 0. The molecule has 70 valence electrons. The van der Waals surface area contributed by atoms with Gasteiger partial charge in [-0.1, -0.05) is 45.9 Å². The van der Waals surface area contributed by atoms with Crippen LogP contribution in [-0.4, -0.2) is 0 Å². The maximum absolute atomic E-state index is 2.39. The van der Waals surface area contributed by atoms with Crippen molar-refractivity contribution in [3.63, 3.8) is 0 Å².